The van der Waals surface area contributed by atoms with E-state index in [1.54, 1.807) is 43.5 Å². The number of carbonyl (C=O) groups is 1. The van der Waals surface area contributed by atoms with Crippen LogP contribution in [0.25, 0.3) is 0 Å². The van der Waals surface area contributed by atoms with Crippen molar-refractivity contribution in [3.05, 3.63) is 30.1 Å². The molecule has 0 bridgehead atoms. The van der Waals surface area contributed by atoms with Gasteiger partial charge in [0.1, 0.15) is 0 Å². The van der Waals surface area contributed by atoms with E-state index >= 15 is 0 Å². The molecule has 0 unspecified atom stereocenters. The van der Waals surface area contributed by atoms with Gasteiger partial charge in [-0.15, -0.1) is 0 Å². The van der Waals surface area contributed by atoms with E-state index in [9.17, 15) is 4.79 Å². The Hall–Kier alpha value is -1.49. The van der Waals surface area contributed by atoms with Gasteiger partial charge >= 0.3 is 0 Å². The van der Waals surface area contributed by atoms with Crippen molar-refractivity contribution >= 4 is 23.2 Å². The number of ketones is 1. The minimum Gasteiger partial charge on any atom is -0.470 e. The summed E-state index contributed by atoms with van der Waals surface area (Å²) in [4.78, 5) is 17.2. The van der Waals surface area contributed by atoms with Gasteiger partial charge in [-0.05, 0) is 24.4 Å². The van der Waals surface area contributed by atoms with Gasteiger partial charge in [0.25, 0.3) is 5.17 Å². The largest absolute Gasteiger partial charge is 0.470 e. The molecule has 0 spiro atoms. The molecule has 4 nitrogen and oxygen atoms in total. The van der Waals surface area contributed by atoms with Gasteiger partial charge < -0.3 is 9.64 Å². The maximum absolute atomic E-state index is 11.6. The van der Waals surface area contributed by atoms with Crippen molar-refractivity contribution in [1.29, 1.82) is 0 Å². The first-order chi connectivity index (χ1) is 7.61. The van der Waals surface area contributed by atoms with Crippen LogP contribution in [0.5, 0.6) is 0 Å². The van der Waals surface area contributed by atoms with Crippen LogP contribution in [0.4, 0.5) is 0 Å². The molecule has 86 valence electrons. The predicted octanol–water partition coefficient (Wildman–Crippen LogP) is 1.52. The van der Waals surface area contributed by atoms with E-state index in [0.717, 1.165) is 0 Å². The Labute approximate surface area is 100 Å². The molecular weight excluding hydrogens is 224 g/mol. The van der Waals surface area contributed by atoms with Crippen molar-refractivity contribution in [3.8, 4) is 0 Å². The average Bonchev–Trinajstić information content (AvgIpc) is 2.29. The lowest BCUT2D eigenvalue weighted by Crippen LogP contribution is -2.23. The lowest BCUT2D eigenvalue weighted by molar-refractivity contribution is 0.0956. The first-order valence-corrected chi connectivity index (χ1v) is 5.29. The number of ether oxygens (including phenoxy) is 1. The van der Waals surface area contributed by atoms with Gasteiger partial charge in [0.15, 0.2) is 5.78 Å². The van der Waals surface area contributed by atoms with Crippen molar-refractivity contribution in [3.63, 3.8) is 0 Å². The Morgan fingerprint density at radius 3 is 2.88 bits per heavy atom. The fraction of sp³-hybridized carbons (Fsp3) is 0.364. The summed E-state index contributed by atoms with van der Waals surface area (Å²) in [5.74, 6) is 0.00894. The highest BCUT2D eigenvalue weighted by Crippen LogP contribution is 2.01. The topological polar surface area (TPSA) is 42.4 Å². The minimum absolute atomic E-state index is 0.00894. The SMILES string of the molecule is CN(C)C(=S)OCCC(=O)c1cccnc1. The molecule has 1 aromatic heterocycles. The molecule has 1 aromatic rings. The fourth-order valence-electron chi connectivity index (χ4n) is 1.03. The van der Waals surface area contributed by atoms with Gasteiger partial charge in [0.2, 0.25) is 0 Å². The van der Waals surface area contributed by atoms with Crippen LogP contribution in [0.1, 0.15) is 16.8 Å². The fourth-order valence-corrected chi connectivity index (χ4v) is 1.12. The van der Waals surface area contributed by atoms with Crippen LogP contribution < -0.4 is 0 Å². The third-order valence-corrected chi connectivity index (χ3v) is 2.39. The number of rotatable bonds is 4. The van der Waals surface area contributed by atoms with E-state index in [2.05, 4.69) is 4.98 Å². The van der Waals surface area contributed by atoms with Crippen LogP contribution in [0, 0.1) is 0 Å². The number of aromatic nitrogens is 1. The first kappa shape index (κ1) is 12.6. The summed E-state index contributed by atoms with van der Waals surface area (Å²) >= 11 is 4.93. The maximum Gasteiger partial charge on any atom is 0.258 e. The molecule has 0 saturated heterocycles. The third kappa shape index (κ3) is 3.94. The lowest BCUT2D eigenvalue weighted by Gasteiger charge is -2.13. The number of Topliss-reactive ketones (excluding diaryl/α,β-unsaturated/α-hetero) is 1. The molecule has 5 heteroatoms. The molecule has 0 radical (unpaired) electrons. The second-order valence-electron chi connectivity index (χ2n) is 3.42. The van der Waals surface area contributed by atoms with Crippen molar-refractivity contribution in [2.75, 3.05) is 20.7 Å². The first-order valence-electron chi connectivity index (χ1n) is 4.88. The van der Waals surface area contributed by atoms with Crippen LogP contribution in [-0.2, 0) is 4.74 Å². The maximum atomic E-state index is 11.6. The third-order valence-electron chi connectivity index (χ3n) is 1.90. The Bertz CT molecular complexity index is 366. The predicted molar refractivity (Wildman–Crippen MR) is 65.4 cm³/mol. The zero-order valence-electron chi connectivity index (χ0n) is 9.34. The normalized spacial score (nSPS) is 9.62. The summed E-state index contributed by atoms with van der Waals surface area (Å²) in [7, 11) is 3.59. The second-order valence-corrected chi connectivity index (χ2v) is 3.77. The number of hydrogen-bond acceptors (Lipinski definition) is 4. The van der Waals surface area contributed by atoms with Crippen molar-refractivity contribution in [2.45, 2.75) is 6.42 Å². The second kappa shape index (κ2) is 6.17. The molecule has 0 saturated carbocycles. The van der Waals surface area contributed by atoms with E-state index in [-0.39, 0.29) is 5.78 Å². The molecular formula is C11H14N2O2S. The van der Waals surface area contributed by atoms with Gasteiger partial charge in [0.05, 0.1) is 6.61 Å². The minimum atomic E-state index is 0.00894. The number of hydrogen-bond donors (Lipinski definition) is 0. The number of carbonyl (C=O) groups excluding carboxylic acids is 1. The summed E-state index contributed by atoms with van der Waals surface area (Å²) in [5, 5.41) is 0.388. The Kier molecular flexibility index (Phi) is 4.85. The zero-order valence-corrected chi connectivity index (χ0v) is 10.2. The summed E-state index contributed by atoms with van der Waals surface area (Å²) in [5.41, 5.74) is 0.599. The summed E-state index contributed by atoms with van der Waals surface area (Å²) < 4.78 is 5.21. The standard InChI is InChI=1S/C11H14N2O2S/c1-13(2)11(16)15-7-5-10(14)9-4-3-6-12-8-9/h3-4,6,8H,5,7H2,1-2H3. The molecule has 16 heavy (non-hydrogen) atoms. The number of thiocarbonyl (C=S) groups is 1. The molecule has 0 aliphatic rings. The van der Waals surface area contributed by atoms with Gasteiger partial charge in [-0.1, -0.05) is 0 Å². The Morgan fingerprint density at radius 2 is 2.31 bits per heavy atom. The van der Waals surface area contributed by atoms with Crippen LogP contribution in [-0.4, -0.2) is 41.5 Å². The van der Waals surface area contributed by atoms with Crippen LogP contribution in [0.2, 0.25) is 0 Å². The molecule has 0 amide bonds. The van der Waals surface area contributed by atoms with Crippen LogP contribution in [0.3, 0.4) is 0 Å². The highest BCUT2D eigenvalue weighted by Gasteiger charge is 2.06. The molecule has 1 heterocycles. The Morgan fingerprint density at radius 1 is 1.56 bits per heavy atom. The molecule has 1 rings (SSSR count). The monoisotopic (exact) mass is 238 g/mol. The van der Waals surface area contributed by atoms with E-state index in [0.29, 0.717) is 23.8 Å². The lowest BCUT2D eigenvalue weighted by atomic mass is 10.1. The van der Waals surface area contributed by atoms with Crippen molar-refractivity contribution in [2.24, 2.45) is 0 Å². The summed E-state index contributed by atoms with van der Waals surface area (Å²) in [6, 6.07) is 3.47. The van der Waals surface area contributed by atoms with E-state index in [1.807, 2.05) is 0 Å². The van der Waals surface area contributed by atoms with Crippen LogP contribution >= 0.6 is 12.2 Å². The molecule has 0 atom stereocenters. The number of nitrogens with zero attached hydrogens (tertiary/aromatic N) is 2. The summed E-state index contributed by atoms with van der Waals surface area (Å²) in [6.45, 7) is 0.296. The number of pyridine rings is 1. The quantitative estimate of drug-likeness (QED) is 0.587. The van der Waals surface area contributed by atoms with Crippen LogP contribution in [0.15, 0.2) is 24.5 Å². The van der Waals surface area contributed by atoms with Gasteiger partial charge in [-0.3, -0.25) is 9.78 Å². The van der Waals surface area contributed by atoms with Crippen molar-refractivity contribution < 1.29 is 9.53 Å². The summed E-state index contributed by atoms with van der Waals surface area (Å²) in [6.07, 6.45) is 3.49. The van der Waals surface area contributed by atoms with E-state index in [1.165, 1.54) is 0 Å². The van der Waals surface area contributed by atoms with Crippen molar-refractivity contribution in [1.82, 2.24) is 9.88 Å². The molecule has 0 aliphatic carbocycles. The molecule has 0 aromatic carbocycles. The Balaban J connectivity index is 2.34. The molecule has 0 aliphatic heterocycles. The molecule has 0 fully saturated rings. The van der Waals surface area contributed by atoms with Gasteiger partial charge in [-0.25, -0.2) is 0 Å². The highest BCUT2D eigenvalue weighted by atomic mass is 32.1. The average molecular weight is 238 g/mol. The highest BCUT2D eigenvalue weighted by molar-refractivity contribution is 7.80. The van der Waals surface area contributed by atoms with Gasteiger partial charge in [0, 0.05) is 38.5 Å². The molecule has 0 N–H and O–H groups in total. The van der Waals surface area contributed by atoms with E-state index < -0.39 is 0 Å². The van der Waals surface area contributed by atoms with E-state index in [4.69, 9.17) is 17.0 Å². The smallest absolute Gasteiger partial charge is 0.258 e. The van der Waals surface area contributed by atoms with Gasteiger partial charge in [-0.2, -0.15) is 0 Å². The zero-order chi connectivity index (χ0) is 12.0.